The number of hydrogen-bond donors (Lipinski definition) is 2. The van der Waals surface area contributed by atoms with Gasteiger partial charge in [-0.25, -0.2) is 4.79 Å². The van der Waals surface area contributed by atoms with Gasteiger partial charge in [-0.2, -0.15) is 0 Å². The fourth-order valence-corrected chi connectivity index (χ4v) is 1.51. The highest BCUT2D eigenvalue weighted by Crippen LogP contribution is 2.18. The summed E-state index contributed by atoms with van der Waals surface area (Å²) in [5.74, 6) is -1.06. The third-order valence-corrected chi connectivity index (χ3v) is 2.22. The number of carbonyl (C=O) groups excluding carboxylic acids is 1. The Morgan fingerprint density at radius 3 is 2.60 bits per heavy atom. The molecule has 1 aromatic carbocycles. The van der Waals surface area contributed by atoms with Gasteiger partial charge in [-0.15, -0.1) is 0 Å². The first-order chi connectivity index (χ1) is 7.06. The van der Waals surface area contributed by atoms with Gasteiger partial charge in [0.1, 0.15) is 0 Å². The fourth-order valence-electron chi connectivity index (χ4n) is 1.51. The van der Waals surface area contributed by atoms with Gasteiger partial charge in [0.2, 0.25) is 6.41 Å². The number of carboxylic acid groups (broad SMARTS) is 1. The maximum Gasteiger partial charge on any atom is 0.330 e. The van der Waals surface area contributed by atoms with Crippen LogP contribution in [0.5, 0.6) is 0 Å². The smallest absolute Gasteiger partial charge is 0.330 e. The predicted octanol–water partition coefficient (Wildman–Crippen LogP) is 1.18. The Morgan fingerprint density at radius 2 is 2.13 bits per heavy atom. The van der Waals surface area contributed by atoms with Gasteiger partial charge in [-0.1, -0.05) is 23.8 Å². The van der Waals surface area contributed by atoms with Gasteiger partial charge in [-0.3, -0.25) is 4.79 Å². The Hall–Kier alpha value is -1.84. The average Bonchev–Trinajstić information content (AvgIpc) is 2.15. The van der Waals surface area contributed by atoms with Gasteiger partial charge in [0.25, 0.3) is 0 Å². The number of amides is 1. The van der Waals surface area contributed by atoms with Crippen LogP contribution >= 0.6 is 0 Å². The monoisotopic (exact) mass is 207 g/mol. The summed E-state index contributed by atoms with van der Waals surface area (Å²) in [6.07, 6.45) is 0.401. The second kappa shape index (κ2) is 4.59. The summed E-state index contributed by atoms with van der Waals surface area (Å²) in [5.41, 5.74) is 2.53. The van der Waals surface area contributed by atoms with E-state index in [0.717, 1.165) is 11.1 Å². The standard InChI is InChI=1S/C11H13NO3/c1-7-3-4-9(8(2)5-7)10(11(14)15)12-6-13/h3-6,10H,1-2H3,(H,12,13)(H,14,15). The van der Waals surface area contributed by atoms with E-state index in [2.05, 4.69) is 5.32 Å². The second-order valence-electron chi connectivity index (χ2n) is 3.42. The molecule has 0 aliphatic carbocycles. The lowest BCUT2D eigenvalue weighted by Crippen LogP contribution is -2.27. The molecule has 0 saturated carbocycles. The molecule has 1 aromatic rings. The SMILES string of the molecule is Cc1ccc(C(NC=O)C(=O)O)c(C)c1. The summed E-state index contributed by atoms with van der Waals surface area (Å²) in [6.45, 7) is 3.75. The fraction of sp³-hybridized carbons (Fsp3) is 0.273. The summed E-state index contributed by atoms with van der Waals surface area (Å²) in [7, 11) is 0. The Bertz CT molecular complexity index is 387. The normalized spacial score (nSPS) is 11.9. The molecule has 15 heavy (non-hydrogen) atoms. The third kappa shape index (κ3) is 2.56. The van der Waals surface area contributed by atoms with E-state index in [1.807, 2.05) is 26.0 Å². The van der Waals surface area contributed by atoms with Crippen LogP contribution < -0.4 is 5.32 Å². The molecular weight excluding hydrogens is 194 g/mol. The molecule has 0 aliphatic rings. The van der Waals surface area contributed by atoms with Crippen molar-refractivity contribution in [3.8, 4) is 0 Å². The molecule has 0 fully saturated rings. The van der Waals surface area contributed by atoms with Crippen LogP contribution in [0.25, 0.3) is 0 Å². The highest BCUT2D eigenvalue weighted by molar-refractivity contribution is 5.78. The molecule has 80 valence electrons. The van der Waals surface area contributed by atoms with Gasteiger partial charge < -0.3 is 10.4 Å². The lowest BCUT2D eigenvalue weighted by atomic mass is 9.99. The molecule has 1 amide bonds. The molecule has 0 radical (unpaired) electrons. The van der Waals surface area contributed by atoms with Crippen LogP contribution in [0.2, 0.25) is 0 Å². The molecule has 4 heteroatoms. The van der Waals surface area contributed by atoms with Crippen LogP contribution in [-0.2, 0) is 9.59 Å². The summed E-state index contributed by atoms with van der Waals surface area (Å²) in [5, 5.41) is 11.2. The van der Waals surface area contributed by atoms with E-state index in [-0.39, 0.29) is 0 Å². The van der Waals surface area contributed by atoms with Crippen molar-refractivity contribution in [1.29, 1.82) is 0 Å². The van der Waals surface area contributed by atoms with E-state index >= 15 is 0 Å². The van der Waals surface area contributed by atoms with Crippen molar-refractivity contribution in [2.24, 2.45) is 0 Å². The van der Waals surface area contributed by atoms with Crippen LogP contribution in [0.4, 0.5) is 0 Å². The Morgan fingerprint density at radius 1 is 1.47 bits per heavy atom. The lowest BCUT2D eigenvalue weighted by molar-refractivity contribution is -0.140. The minimum Gasteiger partial charge on any atom is -0.479 e. The molecule has 0 aliphatic heterocycles. The highest BCUT2D eigenvalue weighted by Gasteiger charge is 2.20. The highest BCUT2D eigenvalue weighted by atomic mass is 16.4. The third-order valence-electron chi connectivity index (χ3n) is 2.22. The first kappa shape index (κ1) is 11.2. The number of aryl methyl sites for hydroxylation is 2. The quantitative estimate of drug-likeness (QED) is 0.728. The number of aliphatic carboxylic acids is 1. The molecule has 1 atom stereocenters. The number of benzene rings is 1. The molecule has 1 unspecified atom stereocenters. The van der Waals surface area contributed by atoms with E-state index in [0.29, 0.717) is 12.0 Å². The number of carbonyl (C=O) groups is 2. The van der Waals surface area contributed by atoms with Gasteiger partial charge in [0.05, 0.1) is 0 Å². The van der Waals surface area contributed by atoms with Crippen molar-refractivity contribution in [3.63, 3.8) is 0 Å². The maximum absolute atomic E-state index is 10.9. The zero-order valence-electron chi connectivity index (χ0n) is 8.65. The Labute approximate surface area is 87.9 Å². The van der Waals surface area contributed by atoms with Crippen LogP contribution in [0, 0.1) is 13.8 Å². The van der Waals surface area contributed by atoms with Crippen LogP contribution in [0.15, 0.2) is 18.2 Å². The van der Waals surface area contributed by atoms with E-state index < -0.39 is 12.0 Å². The van der Waals surface area contributed by atoms with E-state index in [1.54, 1.807) is 6.07 Å². The van der Waals surface area contributed by atoms with Gasteiger partial charge in [0, 0.05) is 0 Å². The zero-order valence-corrected chi connectivity index (χ0v) is 8.65. The molecule has 2 N–H and O–H groups in total. The summed E-state index contributed by atoms with van der Waals surface area (Å²) in [6, 6.07) is 4.46. The van der Waals surface area contributed by atoms with Crippen molar-refractivity contribution < 1.29 is 14.7 Å². The second-order valence-corrected chi connectivity index (χ2v) is 3.42. The predicted molar refractivity (Wildman–Crippen MR) is 55.5 cm³/mol. The molecule has 0 saturated heterocycles. The van der Waals surface area contributed by atoms with Crippen molar-refractivity contribution in [3.05, 3.63) is 34.9 Å². The van der Waals surface area contributed by atoms with Crippen molar-refractivity contribution in [1.82, 2.24) is 5.32 Å². The summed E-state index contributed by atoms with van der Waals surface area (Å²) >= 11 is 0. The van der Waals surface area contributed by atoms with Crippen molar-refractivity contribution >= 4 is 12.4 Å². The number of carboxylic acids is 1. The number of rotatable bonds is 4. The largest absolute Gasteiger partial charge is 0.479 e. The maximum atomic E-state index is 10.9. The number of hydrogen-bond acceptors (Lipinski definition) is 2. The minimum atomic E-state index is -1.06. The van der Waals surface area contributed by atoms with E-state index in [9.17, 15) is 9.59 Å². The van der Waals surface area contributed by atoms with Gasteiger partial charge in [0.15, 0.2) is 6.04 Å². The van der Waals surface area contributed by atoms with E-state index in [4.69, 9.17) is 5.11 Å². The van der Waals surface area contributed by atoms with Gasteiger partial charge >= 0.3 is 5.97 Å². The minimum absolute atomic E-state index is 0.401. The average molecular weight is 207 g/mol. The Balaban J connectivity index is 3.10. The molecular formula is C11H13NO3. The topological polar surface area (TPSA) is 66.4 Å². The van der Waals surface area contributed by atoms with Crippen molar-refractivity contribution in [2.45, 2.75) is 19.9 Å². The summed E-state index contributed by atoms with van der Waals surface area (Å²) in [4.78, 5) is 21.2. The molecule has 0 spiro atoms. The Kier molecular flexibility index (Phi) is 3.44. The molecule has 0 bridgehead atoms. The molecule has 1 rings (SSSR count). The molecule has 4 nitrogen and oxygen atoms in total. The van der Waals surface area contributed by atoms with Crippen LogP contribution in [0.3, 0.4) is 0 Å². The van der Waals surface area contributed by atoms with Crippen LogP contribution in [0.1, 0.15) is 22.7 Å². The zero-order chi connectivity index (χ0) is 11.4. The lowest BCUT2D eigenvalue weighted by Gasteiger charge is -2.14. The molecule has 0 aromatic heterocycles. The van der Waals surface area contributed by atoms with Gasteiger partial charge in [-0.05, 0) is 25.0 Å². The number of nitrogens with one attached hydrogen (secondary N) is 1. The molecule has 0 heterocycles. The first-order valence-corrected chi connectivity index (χ1v) is 4.56. The van der Waals surface area contributed by atoms with Crippen molar-refractivity contribution in [2.75, 3.05) is 0 Å². The van der Waals surface area contributed by atoms with E-state index in [1.165, 1.54) is 0 Å². The van der Waals surface area contributed by atoms with Crippen LogP contribution in [-0.4, -0.2) is 17.5 Å². The first-order valence-electron chi connectivity index (χ1n) is 4.56. The summed E-state index contributed by atoms with van der Waals surface area (Å²) < 4.78 is 0.